The molecule has 0 heterocycles. The molecule has 0 aliphatic rings. The van der Waals surface area contributed by atoms with Crippen molar-refractivity contribution < 1.29 is 0 Å². The Kier molecular flexibility index (Phi) is 6.23. The number of halogens is 3. The van der Waals surface area contributed by atoms with Gasteiger partial charge in [-0.05, 0) is 31.3 Å². The number of nitrogens with zero attached hydrogens (tertiary/aromatic N) is 2. The molecule has 1 aromatic carbocycles. The van der Waals surface area contributed by atoms with Crippen LogP contribution in [0.2, 0.25) is 0 Å². The van der Waals surface area contributed by atoms with Crippen LogP contribution in [0.25, 0.3) is 0 Å². The van der Waals surface area contributed by atoms with Crippen molar-refractivity contribution in [3.63, 3.8) is 0 Å². The van der Waals surface area contributed by atoms with E-state index in [4.69, 9.17) is 12.2 Å². The number of benzene rings is 1. The molecule has 1 rings (SSSR count). The standard InChI is InChI=1S/C11H12Br3N3S/c1-8-3-5-9(6-4-8)16-10(18)17(2)15-7-11(12,13)14/h3-7H,1-2H3,(H,16,18)/b15-7+. The Morgan fingerprint density at radius 3 is 2.39 bits per heavy atom. The molecule has 3 nitrogen and oxygen atoms in total. The summed E-state index contributed by atoms with van der Waals surface area (Å²) in [5.74, 6) is 0. The van der Waals surface area contributed by atoms with Crippen LogP contribution in [-0.2, 0) is 0 Å². The molecule has 1 N–H and O–H groups in total. The first kappa shape index (κ1) is 16.1. The predicted octanol–water partition coefficient (Wildman–Crippen LogP) is 4.45. The lowest BCUT2D eigenvalue weighted by Crippen LogP contribution is -2.27. The number of rotatable bonds is 2. The smallest absolute Gasteiger partial charge is 0.193 e. The summed E-state index contributed by atoms with van der Waals surface area (Å²) < 4.78 is -0.513. The van der Waals surface area contributed by atoms with Gasteiger partial charge in [-0.2, -0.15) is 5.10 Å². The van der Waals surface area contributed by atoms with Crippen molar-refractivity contribution in [2.45, 2.75) is 9.07 Å². The number of hydrogen-bond donors (Lipinski definition) is 1. The lowest BCUT2D eigenvalue weighted by atomic mass is 10.2. The molecule has 0 spiro atoms. The molecule has 0 fully saturated rings. The van der Waals surface area contributed by atoms with Crippen LogP contribution in [0.5, 0.6) is 0 Å². The molecule has 7 heteroatoms. The van der Waals surface area contributed by atoms with E-state index >= 15 is 0 Å². The Morgan fingerprint density at radius 1 is 1.33 bits per heavy atom. The zero-order chi connectivity index (χ0) is 13.8. The second-order valence-corrected chi connectivity index (χ2v) is 10.9. The maximum Gasteiger partial charge on any atom is 0.193 e. The molecule has 0 aliphatic heterocycles. The third-order valence-corrected chi connectivity index (χ3v) is 2.95. The molecule has 1 aromatic rings. The Hall–Kier alpha value is 0.0200. The highest BCUT2D eigenvalue weighted by molar-refractivity contribution is 9.40. The molecule has 18 heavy (non-hydrogen) atoms. The summed E-state index contributed by atoms with van der Waals surface area (Å²) in [5.41, 5.74) is 2.15. The highest BCUT2D eigenvalue weighted by Gasteiger charge is 2.14. The highest BCUT2D eigenvalue weighted by Crippen LogP contribution is 2.30. The van der Waals surface area contributed by atoms with Crippen LogP contribution in [-0.4, -0.2) is 25.5 Å². The Morgan fingerprint density at radius 2 is 1.89 bits per heavy atom. The van der Waals surface area contributed by atoms with Gasteiger partial charge in [-0.25, -0.2) is 5.01 Å². The Bertz CT molecular complexity index is 440. The minimum absolute atomic E-state index is 0.513. The lowest BCUT2D eigenvalue weighted by Gasteiger charge is -2.16. The summed E-state index contributed by atoms with van der Waals surface area (Å²) in [6.07, 6.45) is 1.64. The van der Waals surface area contributed by atoms with Crippen molar-refractivity contribution in [2.24, 2.45) is 5.10 Å². The lowest BCUT2D eigenvalue weighted by molar-refractivity contribution is 0.556. The predicted molar refractivity (Wildman–Crippen MR) is 93.2 cm³/mol. The van der Waals surface area contributed by atoms with Crippen LogP contribution in [0.1, 0.15) is 5.56 Å². The Balaban J connectivity index is 2.60. The first-order valence-electron chi connectivity index (χ1n) is 5.01. The maximum absolute atomic E-state index is 5.24. The number of nitrogens with one attached hydrogen (secondary N) is 1. The van der Waals surface area contributed by atoms with Crippen LogP contribution < -0.4 is 5.32 Å². The molecule has 0 saturated carbocycles. The van der Waals surface area contributed by atoms with E-state index in [0.29, 0.717) is 5.11 Å². The fourth-order valence-corrected chi connectivity index (χ4v) is 1.49. The highest BCUT2D eigenvalue weighted by atomic mass is 80.0. The molecule has 98 valence electrons. The molecule has 0 atom stereocenters. The third-order valence-electron chi connectivity index (χ3n) is 1.97. The molecule has 0 unspecified atom stereocenters. The summed E-state index contributed by atoms with van der Waals surface area (Å²) in [4.78, 5) is 0. The van der Waals surface area contributed by atoms with Crippen molar-refractivity contribution in [3.05, 3.63) is 29.8 Å². The molecule has 0 radical (unpaired) electrons. The zero-order valence-electron chi connectivity index (χ0n) is 9.82. The topological polar surface area (TPSA) is 27.6 Å². The average molecular weight is 458 g/mol. The van der Waals surface area contributed by atoms with Gasteiger partial charge in [-0.3, -0.25) is 0 Å². The second kappa shape index (κ2) is 6.98. The van der Waals surface area contributed by atoms with Crippen molar-refractivity contribution in [1.29, 1.82) is 0 Å². The molecule has 0 bridgehead atoms. The summed E-state index contributed by atoms with van der Waals surface area (Å²) in [6, 6.07) is 8.00. The van der Waals surface area contributed by atoms with Gasteiger partial charge in [0.25, 0.3) is 0 Å². The average Bonchev–Trinajstić information content (AvgIpc) is 2.28. The molecular weight excluding hydrogens is 446 g/mol. The third kappa shape index (κ3) is 6.26. The van der Waals surface area contributed by atoms with Crippen molar-refractivity contribution in [1.82, 2.24) is 5.01 Å². The van der Waals surface area contributed by atoms with E-state index in [-0.39, 0.29) is 0 Å². The molecule has 0 aromatic heterocycles. The van der Waals surface area contributed by atoms with Gasteiger partial charge in [-0.15, -0.1) is 0 Å². The number of hydrogen-bond acceptors (Lipinski definition) is 2. The number of alkyl halides is 3. The van der Waals surface area contributed by atoms with Gasteiger partial charge in [0.2, 0.25) is 0 Å². The van der Waals surface area contributed by atoms with E-state index in [1.54, 1.807) is 18.3 Å². The van der Waals surface area contributed by atoms with Gasteiger partial charge in [0.15, 0.2) is 7.26 Å². The van der Waals surface area contributed by atoms with Gasteiger partial charge in [0.05, 0.1) is 6.21 Å². The summed E-state index contributed by atoms with van der Waals surface area (Å²) in [5, 5.41) is 9.37. The van der Waals surface area contributed by atoms with Crippen molar-refractivity contribution in [3.8, 4) is 0 Å². The number of hydrazone groups is 1. The van der Waals surface area contributed by atoms with Gasteiger partial charge >= 0.3 is 0 Å². The summed E-state index contributed by atoms with van der Waals surface area (Å²) in [6.45, 7) is 2.04. The van der Waals surface area contributed by atoms with Gasteiger partial charge in [-0.1, -0.05) is 65.5 Å². The van der Waals surface area contributed by atoms with Gasteiger partial charge in [0, 0.05) is 12.7 Å². The number of anilines is 1. The van der Waals surface area contributed by atoms with E-state index in [1.165, 1.54) is 5.56 Å². The minimum Gasteiger partial charge on any atom is -0.331 e. The maximum atomic E-state index is 5.24. The van der Waals surface area contributed by atoms with E-state index in [9.17, 15) is 0 Å². The molecule has 0 aliphatic carbocycles. The SMILES string of the molecule is Cc1ccc(NC(=S)N(C)/N=C/C(Br)(Br)Br)cc1. The van der Waals surface area contributed by atoms with Crippen LogP contribution in [0.3, 0.4) is 0 Å². The van der Waals surface area contributed by atoms with E-state index in [1.807, 2.05) is 31.2 Å². The fourth-order valence-electron chi connectivity index (χ4n) is 1.05. The van der Waals surface area contributed by atoms with E-state index < -0.39 is 2.14 Å². The number of thiocarbonyl (C=S) groups is 1. The zero-order valence-corrected chi connectivity index (χ0v) is 15.4. The fraction of sp³-hybridized carbons (Fsp3) is 0.273. The van der Waals surface area contributed by atoms with Crippen LogP contribution in [0.15, 0.2) is 29.4 Å². The minimum atomic E-state index is -0.513. The van der Waals surface area contributed by atoms with Crippen LogP contribution in [0.4, 0.5) is 5.69 Å². The Labute approximate surface area is 137 Å². The monoisotopic (exact) mass is 455 g/mol. The van der Waals surface area contributed by atoms with Crippen molar-refractivity contribution in [2.75, 3.05) is 12.4 Å². The first-order valence-corrected chi connectivity index (χ1v) is 7.80. The second-order valence-electron chi connectivity index (χ2n) is 3.61. The summed E-state index contributed by atoms with van der Waals surface area (Å²) >= 11 is 15.2. The van der Waals surface area contributed by atoms with Crippen LogP contribution >= 0.6 is 60.0 Å². The van der Waals surface area contributed by atoms with E-state index in [0.717, 1.165) is 5.69 Å². The van der Waals surface area contributed by atoms with Gasteiger partial charge < -0.3 is 5.32 Å². The first-order chi connectivity index (χ1) is 8.28. The van der Waals surface area contributed by atoms with Crippen LogP contribution in [0, 0.1) is 6.92 Å². The van der Waals surface area contributed by atoms with Crippen molar-refractivity contribution >= 4 is 77.0 Å². The molecular formula is C11H12Br3N3S. The number of aryl methyl sites for hydroxylation is 1. The molecule has 0 amide bonds. The largest absolute Gasteiger partial charge is 0.331 e. The van der Waals surface area contributed by atoms with Gasteiger partial charge in [0.1, 0.15) is 0 Å². The molecule has 0 saturated heterocycles. The summed E-state index contributed by atoms with van der Waals surface area (Å²) in [7, 11) is 1.78. The quantitative estimate of drug-likeness (QED) is 0.308. The normalized spacial score (nSPS) is 11.6. The van der Waals surface area contributed by atoms with E-state index in [2.05, 4.69) is 58.2 Å².